The van der Waals surface area contributed by atoms with Crippen molar-refractivity contribution in [2.75, 3.05) is 13.6 Å². The zero-order valence-electron chi connectivity index (χ0n) is 16.8. The average Bonchev–Trinajstić information content (AvgIpc) is 3.26. The first-order valence-electron chi connectivity index (χ1n) is 9.76. The van der Waals surface area contributed by atoms with Gasteiger partial charge in [0.1, 0.15) is 5.69 Å². The summed E-state index contributed by atoms with van der Waals surface area (Å²) in [5, 5.41) is 15.3. The highest BCUT2D eigenvalue weighted by Crippen LogP contribution is 2.38. The smallest absolute Gasteiger partial charge is 0.262 e. The summed E-state index contributed by atoms with van der Waals surface area (Å²) in [6.45, 7) is 2.43. The molecule has 7 nitrogen and oxygen atoms in total. The lowest BCUT2D eigenvalue weighted by atomic mass is 9.80. The molecule has 154 valence electrons. The molecular weight excluding hydrogens is 382 g/mol. The number of primary amides is 1. The highest BCUT2D eigenvalue weighted by atomic mass is 16.5. The van der Waals surface area contributed by atoms with Gasteiger partial charge in [-0.25, -0.2) is 0 Å². The Balaban J connectivity index is 1.69. The van der Waals surface area contributed by atoms with E-state index in [-0.39, 0.29) is 17.6 Å². The van der Waals surface area contributed by atoms with Crippen molar-refractivity contribution in [2.45, 2.75) is 18.9 Å². The summed E-state index contributed by atoms with van der Waals surface area (Å²) >= 11 is 0. The van der Waals surface area contributed by atoms with Crippen LogP contribution in [-0.4, -0.2) is 40.6 Å². The Morgan fingerprint density at radius 1 is 1.17 bits per heavy atom. The Bertz CT molecular complexity index is 1120. The molecule has 2 heterocycles. The first-order chi connectivity index (χ1) is 14.3. The lowest BCUT2D eigenvalue weighted by Crippen LogP contribution is -2.54. The number of likely N-dealkylation sites (N-methyl/N-ethyl adjacent to an activating group) is 1. The second-order valence-corrected chi connectivity index (χ2v) is 7.79. The Morgan fingerprint density at radius 2 is 1.83 bits per heavy atom. The molecule has 0 radical (unpaired) electrons. The van der Waals surface area contributed by atoms with Crippen LogP contribution in [0.15, 0.2) is 59.1 Å². The fourth-order valence-corrected chi connectivity index (χ4v) is 3.85. The maximum atomic E-state index is 12.7. The summed E-state index contributed by atoms with van der Waals surface area (Å²) in [5.41, 5.74) is 7.08. The third-order valence-electron chi connectivity index (χ3n) is 5.81. The molecule has 1 aliphatic rings. The molecule has 2 aromatic carbocycles. The van der Waals surface area contributed by atoms with E-state index in [4.69, 9.17) is 10.3 Å². The van der Waals surface area contributed by atoms with Gasteiger partial charge in [0, 0.05) is 36.7 Å². The number of nitrogens with zero attached hydrogens (tertiary/aromatic N) is 2. The number of hydrogen-bond donors (Lipinski definition) is 2. The predicted molar refractivity (Wildman–Crippen MR) is 111 cm³/mol. The molecule has 1 aromatic heterocycles. The van der Waals surface area contributed by atoms with E-state index in [2.05, 4.69) is 5.16 Å². The number of benzene rings is 2. The fourth-order valence-electron chi connectivity index (χ4n) is 3.85. The molecule has 3 N–H and O–H groups in total. The van der Waals surface area contributed by atoms with Gasteiger partial charge in [0.05, 0.1) is 0 Å². The van der Waals surface area contributed by atoms with Crippen LogP contribution in [0.25, 0.3) is 22.4 Å². The molecule has 1 aliphatic heterocycles. The second kappa shape index (κ2) is 7.42. The summed E-state index contributed by atoms with van der Waals surface area (Å²) in [7, 11) is 1.67. The number of piperidine rings is 1. The Kier molecular flexibility index (Phi) is 4.91. The van der Waals surface area contributed by atoms with Crippen LogP contribution in [0.3, 0.4) is 0 Å². The Morgan fingerprint density at radius 3 is 2.57 bits per heavy atom. The van der Waals surface area contributed by atoms with Crippen molar-refractivity contribution >= 4 is 11.8 Å². The van der Waals surface area contributed by atoms with E-state index in [9.17, 15) is 14.7 Å². The third kappa shape index (κ3) is 3.27. The van der Waals surface area contributed by atoms with Gasteiger partial charge in [-0.15, -0.1) is 0 Å². The number of rotatable bonds is 4. The van der Waals surface area contributed by atoms with Gasteiger partial charge in [-0.05, 0) is 35.7 Å². The molecule has 4 rings (SSSR count). The molecule has 1 saturated heterocycles. The lowest BCUT2D eigenvalue weighted by Gasteiger charge is -2.39. The summed E-state index contributed by atoms with van der Waals surface area (Å²) in [6, 6.07) is 16.2. The number of carbonyl (C=O) groups is 2. The van der Waals surface area contributed by atoms with Crippen molar-refractivity contribution in [2.24, 2.45) is 11.7 Å². The van der Waals surface area contributed by atoms with Crippen LogP contribution in [-0.2, 0) is 10.4 Å². The molecule has 0 bridgehead atoms. The normalized spacial score (nSPS) is 21.6. The zero-order valence-corrected chi connectivity index (χ0v) is 16.8. The molecule has 30 heavy (non-hydrogen) atoms. The van der Waals surface area contributed by atoms with Crippen LogP contribution in [0.4, 0.5) is 0 Å². The minimum atomic E-state index is -1.73. The maximum absolute atomic E-state index is 12.7. The van der Waals surface area contributed by atoms with E-state index in [0.29, 0.717) is 24.2 Å². The number of nitrogens with two attached hydrogens (primary N) is 1. The monoisotopic (exact) mass is 405 g/mol. The molecule has 1 unspecified atom stereocenters. The minimum Gasteiger partial charge on any atom is -0.373 e. The van der Waals surface area contributed by atoms with Gasteiger partial charge >= 0.3 is 0 Å². The number of aromatic nitrogens is 1. The van der Waals surface area contributed by atoms with Crippen molar-refractivity contribution in [3.63, 3.8) is 0 Å². The average molecular weight is 405 g/mol. The fraction of sp³-hybridized carbons (Fsp3) is 0.261. The van der Waals surface area contributed by atoms with Crippen molar-refractivity contribution < 1.29 is 19.2 Å². The van der Waals surface area contributed by atoms with Crippen LogP contribution in [0, 0.1) is 5.92 Å². The highest BCUT2D eigenvalue weighted by Gasteiger charge is 2.50. The van der Waals surface area contributed by atoms with Crippen molar-refractivity contribution in [3.05, 3.63) is 65.9 Å². The van der Waals surface area contributed by atoms with E-state index >= 15 is 0 Å². The van der Waals surface area contributed by atoms with E-state index in [1.165, 1.54) is 4.90 Å². The van der Waals surface area contributed by atoms with Gasteiger partial charge in [0.15, 0.2) is 5.76 Å². The predicted octanol–water partition coefficient (Wildman–Crippen LogP) is 2.79. The number of aliphatic hydroxyl groups is 1. The second-order valence-electron chi connectivity index (χ2n) is 7.79. The molecule has 7 heteroatoms. The van der Waals surface area contributed by atoms with Crippen molar-refractivity contribution in [1.82, 2.24) is 10.1 Å². The summed E-state index contributed by atoms with van der Waals surface area (Å²) in [5.74, 6) is -1.02. The Hall–Kier alpha value is -3.45. The molecule has 2 amide bonds. The highest BCUT2D eigenvalue weighted by molar-refractivity contribution is 5.94. The molecular formula is C23H23N3O4. The maximum Gasteiger partial charge on any atom is 0.262 e. The van der Waals surface area contributed by atoms with Gasteiger partial charge in [-0.1, -0.05) is 42.4 Å². The van der Waals surface area contributed by atoms with E-state index in [1.807, 2.05) is 37.3 Å². The summed E-state index contributed by atoms with van der Waals surface area (Å²) in [4.78, 5) is 25.7. The molecule has 2 atom stereocenters. The van der Waals surface area contributed by atoms with Gasteiger partial charge < -0.3 is 20.3 Å². The number of likely N-dealkylation sites (tertiary alicyclic amines) is 1. The first kappa shape index (κ1) is 19.8. The van der Waals surface area contributed by atoms with Gasteiger partial charge in [-0.2, -0.15) is 0 Å². The van der Waals surface area contributed by atoms with Gasteiger partial charge in [0.2, 0.25) is 11.5 Å². The van der Waals surface area contributed by atoms with Crippen LogP contribution in [0.1, 0.15) is 29.5 Å². The summed E-state index contributed by atoms with van der Waals surface area (Å²) < 4.78 is 5.44. The van der Waals surface area contributed by atoms with Gasteiger partial charge in [0.25, 0.3) is 5.91 Å². The molecule has 0 spiro atoms. The van der Waals surface area contributed by atoms with Crippen LogP contribution >= 0.6 is 0 Å². The molecule has 3 aromatic rings. The van der Waals surface area contributed by atoms with E-state index in [0.717, 1.165) is 16.7 Å². The lowest BCUT2D eigenvalue weighted by molar-refractivity contribution is -0.167. The van der Waals surface area contributed by atoms with Crippen molar-refractivity contribution in [1.29, 1.82) is 0 Å². The third-order valence-corrected chi connectivity index (χ3v) is 5.81. The first-order valence-corrected chi connectivity index (χ1v) is 9.76. The molecule has 0 saturated carbocycles. The number of hydrogen-bond acceptors (Lipinski definition) is 5. The molecule has 0 aliphatic carbocycles. The van der Waals surface area contributed by atoms with Crippen molar-refractivity contribution in [3.8, 4) is 22.4 Å². The quantitative estimate of drug-likeness (QED) is 0.694. The van der Waals surface area contributed by atoms with Crippen LogP contribution in [0.5, 0.6) is 0 Å². The number of amides is 2. The van der Waals surface area contributed by atoms with Crippen LogP contribution in [0.2, 0.25) is 0 Å². The van der Waals surface area contributed by atoms with E-state index in [1.54, 1.807) is 31.3 Å². The standard InChI is InChI=1S/C23H23N3O4/c1-14-9-10-26(2)22(28)23(14,29)20-13-19(25-30-20)17-7-3-5-15(11-17)16-6-4-8-18(12-16)21(24)27/h3-8,11-14,29H,9-10H2,1-2H3,(H2,24,27)/t14-,23?/m0/s1. The Labute approximate surface area is 174 Å². The molecule has 1 fully saturated rings. The topological polar surface area (TPSA) is 110 Å². The zero-order chi connectivity index (χ0) is 21.5. The number of carbonyl (C=O) groups excluding carboxylic acids is 2. The largest absolute Gasteiger partial charge is 0.373 e. The van der Waals surface area contributed by atoms with Gasteiger partial charge in [-0.3, -0.25) is 9.59 Å². The van der Waals surface area contributed by atoms with Crippen LogP contribution < -0.4 is 5.73 Å². The minimum absolute atomic E-state index is 0.141. The SMILES string of the molecule is C[C@H]1CCN(C)C(=O)C1(O)c1cc(-c2cccc(-c3cccc(C(N)=O)c3)c2)no1. The summed E-state index contributed by atoms with van der Waals surface area (Å²) in [6.07, 6.45) is 0.667. The van der Waals surface area contributed by atoms with E-state index < -0.39 is 11.5 Å².